The molecule has 1 aliphatic rings. The van der Waals surface area contributed by atoms with Crippen molar-refractivity contribution in [3.63, 3.8) is 0 Å². The molecule has 0 bridgehead atoms. The summed E-state index contributed by atoms with van der Waals surface area (Å²) < 4.78 is 7.03. The van der Waals surface area contributed by atoms with Crippen LogP contribution in [0, 0.1) is 17.8 Å². The van der Waals surface area contributed by atoms with Gasteiger partial charge in [-0.3, -0.25) is 0 Å². The molecule has 2 N–H and O–H groups in total. The number of methoxy groups -OCH3 is 1. The minimum atomic E-state index is 0.539. The lowest BCUT2D eigenvalue weighted by Crippen LogP contribution is -1.96. The van der Waals surface area contributed by atoms with Crippen LogP contribution >= 0.6 is 0 Å². The van der Waals surface area contributed by atoms with Gasteiger partial charge in [-0.15, -0.1) is 0 Å². The van der Waals surface area contributed by atoms with Gasteiger partial charge in [-0.05, 0) is 30.9 Å². The Morgan fingerprint density at radius 3 is 2.90 bits per heavy atom. The number of hydrogen-bond acceptors (Lipinski definition) is 4. The Morgan fingerprint density at radius 2 is 2.20 bits per heavy atom. The summed E-state index contributed by atoms with van der Waals surface area (Å²) in [6, 6.07) is 5.54. The van der Waals surface area contributed by atoms with Crippen LogP contribution in [-0.2, 0) is 7.05 Å². The predicted octanol–water partition coefficient (Wildman–Crippen LogP) is 1.83. The van der Waals surface area contributed by atoms with Crippen molar-refractivity contribution >= 4 is 5.69 Å². The number of anilines is 1. The fraction of sp³-hybridized carbons (Fsp3) is 0.333. The van der Waals surface area contributed by atoms with Crippen LogP contribution in [-0.4, -0.2) is 21.9 Å². The van der Waals surface area contributed by atoms with Gasteiger partial charge in [-0.25, -0.2) is 4.68 Å². The molecule has 1 aromatic carbocycles. The molecule has 0 amide bonds. The molecule has 1 aromatic heterocycles. The third-order valence-electron chi connectivity index (χ3n) is 3.22. The Balaban J connectivity index is 2.01. The third-order valence-corrected chi connectivity index (χ3v) is 3.22. The smallest absolute Gasteiger partial charge is 0.203 e. The third kappa shape index (κ3) is 2.32. The number of rotatable bonds is 2. The second-order valence-electron chi connectivity index (χ2n) is 4.85. The van der Waals surface area contributed by atoms with Crippen LogP contribution in [0.25, 0.3) is 11.4 Å². The summed E-state index contributed by atoms with van der Waals surface area (Å²) in [7, 11) is 3.43. The molecule has 1 saturated carbocycles. The van der Waals surface area contributed by atoms with E-state index in [4.69, 9.17) is 10.5 Å². The number of nitrogens with zero attached hydrogens (tertiary/aromatic N) is 3. The van der Waals surface area contributed by atoms with Gasteiger partial charge in [0.15, 0.2) is 11.6 Å². The van der Waals surface area contributed by atoms with Gasteiger partial charge in [0.05, 0.1) is 18.4 Å². The summed E-state index contributed by atoms with van der Waals surface area (Å²) in [4.78, 5) is 4.47. The summed E-state index contributed by atoms with van der Waals surface area (Å²) in [5, 5.41) is 4.40. The maximum atomic E-state index is 5.91. The molecule has 0 unspecified atom stereocenters. The maximum absolute atomic E-state index is 5.91. The van der Waals surface area contributed by atoms with E-state index < -0.39 is 0 Å². The zero-order chi connectivity index (χ0) is 14.1. The molecule has 0 saturated heterocycles. The number of nitrogens with two attached hydrogens (primary N) is 1. The quantitative estimate of drug-likeness (QED) is 0.666. The van der Waals surface area contributed by atoms with Crippen LogP contribution in [0.15, 0.2) is 18.2 Å². The monoisotopic (exact) mass is 268 g/mol. The second kappa shape index (κ2) is 4.89. The highest BCUT2D eigenvalue weighted by Gasteiger charge is 2.18. The van der Waals surface area contributed by atoms with Crippen molar-refractivity contribution in [2.45, 2.75) is 12.8 Å². The number of para-hydroxylation sites is 1. The zero-order valence-corrected chi connectivity index (χ0v) is 11.6. The summed E-state index contributed by atoms with van der Waals surface area (Å²) in [6.07, 6.45) is 2.39. The Hall–Kier alpha value is -2.48. The van der Waals surface area contributed by atoms with Crippen molar-refractivity contribution in [1.82, 2.24) is 14.8 Å². The van der Waals surface area contributed by atoms with E-state index in [1.807, 2.05) is 19.2 Å². The van der Waals surface area contributed by atoms with Gasteiger partial charge in [0.25, 0.3) is 0 Å². The highest BCUT2D eigenvalue weighted by atomic mass is 16.5. The van der Waals surface area contributed by atoms with Crippen molar-refractivity contribution in [1.29, 1.82) is 0 Å². The lowest BCUT2D eigenvalue weighted by molar-refractivity contribution is 0.418. The summed E-state index contributed by atoms with van der Waals surface area (Å²) in [6.45, 7) is 0. The van der Waals surface area contributed by atoms with Crippen LogP contribution in [0.3, 0.4) is 0 Å². The van der Waals surface area contributed by atoms with E-state index in [1.54, 1.807) is 17.9 Å². The first-order valence-corrected chi connectivity index (χ1v) is 6.54. The SMILES string of the molecule is COc1c(N)cccc1-c1nc(C#CC2CC2)n(C)n1. The minimum absolute atomic E-state index is 0.539. The van der Waals surface area contributed by atoms with Crippen LogP contribution in [0.4, 0.5) is 5.69 Å². The van der Waals surface area contributed by atoms with Crippen LogP contribution in [0.2, 0.25) is 0 Å². The van der Waals surface area contributed by atoms with Gasteiger partial charge in [0.1, 0.15) is 0 Å². The lowest BCUT2D eigenvalue weighted by Gasteiger charge is -2.07. The van der Waals surface area contributed by atoms with E-state index in [9.17, 15) is 0 Å². The molecule has 0 aliphatic heterocycles. The fourth-order valence-electron chi connectivity index (χ4n) is 1.96. The molecule has 102 valence electrons. The molecule has 0 radical (unpaired) electrons. The molecule has 1 fully saturated rings. The molecule has 1 heterocycles. The Labute approximate surface area is 117 Å². The van der Waals surface area contributed by atoms with E-state index in [2.05, 4.69) is 21.9 Å². The molecule has 0 spiro atoms. The van der Waals surface area contributed by atoms with Gasteiger partial charge < -0.3 is 10.5 Å². The second-order valence-corrected chi connectivity index (χ2v) is 4.85. The molecule has 3 rings (SSSR count). The van der Waals surface area contributed by atoms with Crippen molar-refractivity contribution in [3.8, 4) is 29.0 Å². The van der Waals surface area contributed by atoms with Gasteiger partial charge >= 0.3 is 0 Å². The van der Waals surface area contributed by atoms with E-state index in [0.29, 0.717) is 29.0 Å². The molecule has 1 aliphatic carbocycles. The largest absolute Gasteiger partial charge is 0.494 e. The molecule has 5 nitrogen and oxygen atoms in total. The molecular formula is C15H16N4O. The van der Waals surface area contributed by atoms with Crippen molar-refractivity contribution in [2.75, 3.05) is 12.8 Å². The number of aryl methyl sites for hydroxylation is 1. The minimum Gasteiger partial charge on any atom is -0.494 e. The van der Waals surface area contributed by atoms with Crippen molar-refractivity contribution < 1.29 is 4.74 Å². The Morgan fingerprint density at radius 1 is 1.40 bits per heavy atom. The highest BCUT2D eigenvalue weighted by Crippen LogP contribution is 2.33. The molecule has 5 heteroatoms. The topological polar surface area (TPSA) is 66.0 Å². The molecule has 20 heavy (non-hydrogen) atoms. The van der Waals surface area contributed by atoms with E-state index >= 15 is 0 Å². The van der Waals surface area contributed by atoms with Gasteiger partial charge in [0, 0.05) is 13.0 Å². The first-order chi connectivity index (χ1) is 9.69. The van der Waals surface area contributed by atoms with E-state index in [0.717, 1.165) is 5.56 Å². The zero-order valence-electron chi connectivity index (χ0n) is 11.6. The predicted molar refractivity (Wildman–Crippen MR) is 77.0 cm³/mol. The van der Waals surface area contributed by atoms with Gasteiger partial charge in [-0.2, -0.15) is 10.1 Å². The average molecular weight is 268 g/mol. The molecule has 0 atom stereocenters. The van der Waals surface area contributed by atoms with Crippen molar-refractivity contribution in [2.24, 2.45) is 13.0 Å². The summed E-state index contributed by atoms with van der Waals surface area (Å²) in [5.74, 6) is 8.65. The average Bonchev–Trinajstić information content (AvgIpc) is 3.19. The molecule has 2 aromatic rings. The van der Waals surface area contributed by atoms with Crippen molar-refractivity contribution in [3.05, 3.63) is 24.0 Å². The first-order valence-electron chi connectivity index (χ1n) is 6.54. The number of nitrogen functional groups attached to an aromatic ring is 1. The fourth-order valence-corrected chi connectivity index (χ4v) is 1.96. The first kappa shape index (κ1) is 12.5. The highest BCUT2D eigenvalue weighted by molar-refractivity contribution is 5.73. The van der Waals surface area contributed by atoms with E-state index in [1.165, 1.54) is 12.8 Å². The summed E-state index contributed by atoms with van der Waals surface area (Å²) in [5.41, 5.74) is 7.26. The number of benzene rings is 1. The Bertz CT molecular complexity index is 704. The van der Waals surface area contributed by atoms with Crippen LogP contribution in [0.5, 0.6) is 5.75 Å². The number of ether oxygens (including phenoxy) is 1. The van der Waals surface area contributed by atoms with Gasteiger partial charge in [-0.1, -0.05) is 12.0 Å². The van der Waals surface area contributed by atoms with Crippen LogP contribution < -0.4 is 10.5 Å². The Kier molecular flexibility index (Phi) is 3.07. The van der Waals surface area contributed by atoms with Crippen LogP contribution in [0.1, 0.15) is 18.7 Å². The number of aromatic nitrogens is 3. The maximum Gasteiger partial charge on any atom is 0.203 e. The normalized spacial score (nSPS) is 13.7. The standard InChI is InChI=1S/C15H16N4O/c1-19-13(9-8-10-6-7-10)17-15(18-19)11-4-3-5-12(16)14(11)20-2/h3-5,10H,6-7,16H2,1-2H3. The van der Waals surface area contributed by atoms with E-state index in [-0.39, 0.29) is 0 Å². The lowest BCUT2D eigenvalue weighted by atomic mass is 10.1. The molecular weight excluding hydrogens is 252 g/mol. The number of hydrogen-bond donors (Lipinski definition) is 1. The van der Waals surface area contributed by atoms with Gasteiger partial charge in [0.2, 0.25) is 5.82 Å². The summed E-state index contributed by atoms with van der Waals surface area (Å²) >= 11 is 0.